The summed E-state index contributed by atoms with van der Waals surface area (Å²) in [5.41, 5.74) is 0.272. The fourth-order valence-corrected chi connectivity index (χ4v) is 2.43. The largest absolute Gasteiger partial charge is 0.444 e. The molecule has 0 fully saturated rings. The number of ether oxygens (including phenoxy) is 1. The standard InChI is InChI=1S/C15H16INO2/c1-15(2,3)19-14(18)17-13-9-8-12(16)10-6-4-5-7-11(10)13/h4-9H,1-3H3,(H,17,18). The van der Waals surface area contributed by atoms with Gasteiger partial charge in [0.05, 0.1) is 5.69 Å². The highest BCUT2D eigenvalue weighted by atomic mass is 127. The first-order valence-electron chi connectivity index (χ1n) is 6.04. The van der Waals surface area contributed by atoms with Crippen LogP contribution in [-0.4, -0.2) is 11.7 Å². The van der Waals surface area contributed by atoms with Crippen molar-refractivity contribution in [3.8, 4) is 0 Å². The van der Waals surface area contributed by atoms with E-state index >= 15 is 0 Å². The van der Waals surface area contributed by atoms with Crippen LogP contribution in [0.2, 0.25) is 0 Å². The summed E-state index contributed by atoms with van der Waals surface area (Å²) in [6.45, 7) is 5.54. The molecule has 2 aromatic rings. The molecule has 4 heteroatoms. The van der Waals surface area contributed by atoms with Crippen LogP contribution < -0.4 is 5.32 Å². The lowest BCUT2D eigenvalue weighted by Gasteiger charge is -2.20. The summed E-state index contributed by atoms with van der Waals surface area (Å²) in [7, 11) is 0. The zero-order chi connectivity index (χ0) is 14.0. The molecule has 100 valence electrons. The first-order chi connectivity index (χ1) is 8.87. The molecule has 0 aliphatic heterocycles. The van der Waals surface area contributed by atoms with Gasteiger partial charge in [0, 0.05) is 8.96 Å². The fraction of sp³-hybridized carbons (Fsp3) is 0.267. The van der Waals surface area contributed by atoms with Crippen LogP contribution in [-0.2, 0) is 4.74 Å². The van der Waals surface area contributed by atoms with Gasteiger partial charge in [0.15, 0.2) is 0 Å². The molecule has 0 saturated carbocycles. The molecule has 0 saturated heterocycles. The maximum absolute atomic E-state index is 11.8. The molecule has 0 aromatic heterocycles. The van der Waals surface area contributed by atoms with Crippen LogP contribution in [0.5, 0.6) is 0 Å². The van der Waals surface area contributed by atoms with Gasteiger partial charge in [-0.05, 0) is 60.9 Å². The van der Waals surface area contributed by atoms with Crippen molar-refractivity contribution in [2.45, 2.75) is 26.4 Å². The normalized spacial score (nSPS) is 11.4. The lowest BCUT2D eigenvalue weighted by Crippen LogP contribution is -2.27. The van der Waals surface area contributed by atoms with E-state index in [1.165, 1.54) is 0 Å². The number of rotatable bonds is 1. The van der Waals surface area contributed by atoms with E-state index in [4.69, 9.17) is 4.74 Å². The van der Waals surface area contributed by atoms with E-state index in [1.54, 1.807) is 0 Å². The third-order valence-electron chi connectivity index (χ3n) is 2.51. The van der Waals surface area contributed by atoms with Gasteiger partial charge in [-0.2, -0.15) is 0 Å². The minimum absolute atomic E-state index is 0.432. The smallest absolute Gasteiger partial charge is 0.412 e. The first-order valence-corrected chi connectivity index (χ1v) is 7.12. The Balaban J connectivity index is 2.31. The van der Waals surface area contributed by atoms with E-state index in [-0.39, 0.29) is 0 Å². The van der Waals surface area contributed by atoms with E-state index in [9.17, 15) is 4.79 Å². The molecule has 1 amide bonds. The molecule has 2 aromatic carbocycles. The summed E-state index contributed by atoms with van der Waals surface area (Å²) in [6, 6.07) is 11.9. The van der Waals surface area contributed by atoms with Crippen molar-refractivity contribution in [3.05, 3.63) is 40.0 Å². The van der Waals surface area contributed by atoms with Gasteiger partial charge in [0.1, 0.15) is 5.60 Å². The van der Waals surface area contributed by atoms with Gasteiger partial charge in [-0.3, -0.25) is 5.32 Å². The summed E-state index contributed by atoms with van der Waals surface area (Å²) in [5, 5.41) is 4.94. The van der Waals surface area contributed by atoms with Gasteiger partial charge in [0.25, 0.3) is 0 Å². The number of hydrogen-bond donors (Lipinski definition) is 1. The molecular weight excluding hydrogens is 353 g/mol. The van der Waals surface area contributed by atoms with Crippen LogP contribution >= 0.6 is 22.6 Å². The Morgan fingerprint density at radius 3 is 2.37 bits per heavy atom. The van der Waals surface area contributed by atoms with Crippen LogP contribution in [0.15, 0.2) is 36.4 Å². The molecule has 0 atom stereocenters. The van der Waals surface area contributed by atoms with Crippen LogP contribution in [0.4, 0.5) is 10.5 Å². The molecule has 0 bridgehead atoms. The highest BCUT2D eigenvalue weighted by molar-refractivity contribution is 14.1. The highest BCUT2D eigenvalue weighted by Gasteiger charge is 2.17. The number of nitrogens with one attached hydrogen (secondary N) is 1. The number of halogens is 1. The summed E-state index contributed by atoms with van der Waals surface area (Å²) < 4.78 is 6.42. The predicted molar refractivity (Wildman–Crippen MR) is 86.5 cm³/mol. The van der Waals surface area contributed by atoms with Crippen molar-refractivity contribution >= 4 is 45.1 Å². The fourth-order valence-electron chi connectivity index (χ4n) is 1.78. The Hall–Kier alpha value is -1.30. The van der Waals surface area contributed by atoms with E-state index in [2.05, 4.69) is 27.9 Å². The maximum atomic E-state index is 11.8. The number of fused-ring (bicyclic) bond motifs is 1. The molecule has 0 heterocycles. The van der Waals surface area contributed by atoms with Gasteiger partial charge in [0.2, 0.25) is 0 Å². The second kappa shape index (κ2) is 5.36. The molecule has 1 N–H and O–H groups in total. The van der Waals surface area contributed by atoms with Gasteiger partial charge < -0.3 is 4.74 Å². The summed E-state index contributed by atoms with van der Waals surface area (Å²) >= 11 is 2.29. The first kappa shape index (κ1) is 14.1. The second-order valence-electron chi connectivity index (χ2n) is 5.27. The molecule has 0 aliphatic rings. The number of benzene rings is 2. The number of carbonyl (C=O) groups is 1. The lowest BCUT2D eigenvalue weighted by molar-refractivity contribution is 0.0636. The number of amides is 1. The zero-order valence-electron chi connectivity index (χ0n) is 11.2. The van der Waals surface area contributed by atoms with Gasteiger partial charge in [-0.15, -0.1) is 0 Å². The zero-order valence-corrected chi connectivity index (χ0v) is 13.3. The number of carbonyl (C=O) groups excluding carboxylic acids is 1. The van der Waals surface area contributed by atoms with Crippen molar-refractivity contribution in [1.29, 1.82) is 0 Å². The third-order valence-corrected chi connectivity index (χ3v) is 3.45. The van der Waals surface area contributed by atoms with Crippen molar-refractivity contribution in [3.63, 3.8) is 0 Å². The molecule has 2 rings (SSSR count). The minimum Gasteiger partial charge on any atom is -0.444 e. The third kappa shape index (κ3) is 3.59. The van der Waals surface area contributed by atoms with Crippen molar-refractivity contribution in [2.24, 2.45) is 0 Å². The molecule has 0 radical (unpaired) electrons. The number of anilines is 1. The Morgan fingerprint density at radius 1 is 1.11 bits per heavy atom. The van der Waals surface area contributed by atoms with E-state index < -0.39 is 11.7 Å². The molecule has 0 unspecified atom stereocenters. The van der Waals surface area contributed by atoms with Crippen molar-refractivity contribution in [1.82, 2.24) is 0 Å². The topological polar surface area (TPSA) is 38.3 Å². The van der Waals surface area contributed by atoms with Crippen molar-refractivity contribution < 1.29 is 9.53 Å². The second-order valence-corrected chi connectivity index (χ2v) is 6.43. The Bertz CT molecular complexity index is 617. The Kier molecular flexibility index (Phi) is 3.99. The SMILES string of the molecule is CC(C)(C)OC(=O)Nc1ccc(I)c2ccccc12. The van der Waals surface area contributed by atoms with Gasteiger partial charge in [-0.25, -0.2) is 4.79 Å². The van der Waals surface area contributed by atoms with Gasteiger partial charge >= 0.3 is 6.09 Å². The average molecular weight is 369 g/mol. The van der Waals surface area contributed by atoms with Crippen LogP contribution in [0.25, 0.3) is 10.8 Å². The quantitative estimate of drug-likeness (QED) is 0.734. The summed E-state index contributed by atoms with van der Waals surface area (Å²) in [5.74, 6) is 0. The number of hydrogen-bond acceptors (Lipinski definition) is 2. The predicted octanol–water partition coefficient (Wildman–Crippen LogP) is 4.79. The van der Waals surface area contributed by atoms with E-state index in [0.717, 1.165) is 20.0 Å². The summed E-state index contributed by atoms with van der Waals surface area (Å²) in [6.07, 6.45) is -0.432. The maximum Gasteiger partial charge on any atom is 0.412 e. The van der Waals surface area contributed by atoms with Crippen molar-refractivity contribution in [2.75, 3.05) is 5.32 Å². The van der Waals surface area contributed by atoms with Crippen LogP contribution in [0.3, 0.4) is 0 Å². The molecule has 0 spiro atoms. The summed E-state index contributed by atoms with van der Waals surface area (Å²) in [4.78, 5) is 11.8. The lowest BCUT2D eigenvalue weighted by atomic mass is 10.1. The van der Waals surface area contributed by atoms with Crippen LogP contribution in [0, 0.1) is 3.57 Å². The molecule has 0 aliphatic carbocycles. The van der Waals surface area contributed by atoms with E-state index in [0.29, 0.717) is 0 Å². The average Bonchev–Trinajstić information content (AvgIpc) is 2.31. The van der Waals surface area contributed by atoms with E-state index in [1.807, 2.05) is 57.2 Å². The highest BCUT2D eigenvalue weighted by Crippen LogP contribution is 2.27. The molecule has 3 nitrogen and oxygen atoms in total. The molecule has 19 heavy (non-hydrogen) atoms. The monoisotopic (exact) mass is 369 g/mol. The van der Waals surface area contributed by atoms with Crippen LogP contribution in [0.1, 0.15) is 20.8 Å². The van der Waals surface area contributed by atoms with Gasteiger partial charge in [-0.1, -0.05) is 24.3 Å². The Labute approximate surface area is 126 Å². The Morgan fingerprint density at radius 2 is 1.74 bits per heavy atom. The molecular formula is C15H16INO2. The minimum atomic E-state index is -0.497.